The van der Waals surface area contributed by atoms with Crippen molar-refractivity contribution in [3.05, 3.63) is 48.2 Å². The van der Waals surface area contributed by atoms with E-state index in [0.717, 1.165) is 11.1 Å². The highest BCUT2D eigenvalue weighted by Crippen LogP contribution is 2.24. The summed E-state index contributed by atoms with van der Waals surface area (Å²) in [6, 6.07) is 11.1. The molecule has 0 atom stereocenters. The summed E-state index contributed by atoms with van der Waals surface area (Å²) in [4.78, 5) is 14.8. The van der Waals surface area contributed by atoms with E-state index in [4.69, 9.17) is 10.8 Å². The molecule has 17 heavy (non-hydrogen) atoms. The minimum atomic E-state index is -0.882. The standard InChI is InChI=1S/C13H12N2O2/c14-12-6-10(7-13(16)17)11(8-15-12)9-4-2-1-3-5-9/h1-6,8H,7H2,(H2,14,15)(H,16,17). The zero-order chi connectivity index (χ0) is 12.3. The Balaban J connectivity index is 2.50. The molecule has 2 rings (SSSR count). The van der Waals surface area contributed by atoms with Crippen LogP contribution in [0.1, 0.15) is 5.56 Å². The lowest BCUT2D eigenvalue weighted by atomic mass is 10.00. The molecule has 1 heterocycles. The van der Waals surface area contributed by atoms with Gasteiger partial charge < -0.3 is 10.8 Å². The summed E-state index contributed by atoms with van der Waals surface area (Å²) in [5.41, 5.74) is 8.00. The van der Waals surface area contributed by atoms with E-state index in [9.17, 15) is 4.79 Å². The molecule has 2 aromatic rings. The number of hydrogen-bond donors (Lipinski definition) is 2. The van der Waals surface area contributed by atoms with Crippen LogP contribution < -0.4 is 5.73 Å². The van der Waals surface area contributed by atoms with Crippen LogP contribution in [0.3, 0.4) is 0 Å². The van der Waals surface area contributed by atoms with E-state index in [-0.39, 0.29) is 6.42 Å². The van der Waals surface area contributed by atoms with Gasteiger partial charge in [0.05, 0.1) is 6.42 Å². The number of carboxylic acids is 1. The van der Waals surface area contributed by atoms with E-state index in [2.05, 4.69) is 4.98 Å². The van der Waals surface area contributed by atoms with Gasteiger partial charge in [-0.15, -0.1) is 0 Å². The van der Waals surface area contributed by atoms with Crippen molar-refractivity contribution in [2.45, 2.75) is 6.42 Å². The number of nitrogen functional groups attached to an aromatic ring is 1. The first-order valence-electron chi connectivity index (χ1n) is 5.18. The molecule has 0 aliphatic heterocycles. The molecule has 86 valence electrons. The average molecular weight is 228 g/mol. The lowest BCUT2D eigenvalue weighted by Crippen LogP contribution is -2.04. The van der Waals surface area contributed by atoms with Gasteiger partial charge in [-0.2, -0.15) is 0 Å². The van der Waals surface area contributed by atoms with E-state index >= 15 is 0 Å². The van der Waals surface area contributed by atoms with Gasteiger partial charge in [0, 0.05) is 11.8 Å². The van der Waals surface area contributed by atoms with Crippen molar-refractivity contribution < 1.29 is 9.90 Å². The predicted octanol–water partition coefficient (Wildman–Crippen LogP) is 1.96. The largest absolute Gasteiger partial charge is 0.481 e. The van der Waals surface area contributed by atoms with Gasteiger partial charge in [-0.1, -0.05) is 30.3 Å². The number of aromatic nitrogens is 1. The van der Waals surface area contributed by atoms with Gasteiger partial charge >= 0.3 is 5.97 Å². The van der Waals surface area contributed by atoms with Gasteiger partial charge in [0.1, 0.15) is 5.82 Å². The van der Waals surface area contributed by atoms with Crippen LogP contribution >= 0.6 is 0 Å². The minimum absolute atomic E-state index is 0.0586. The molecule has 0 amide bonds. The number of rotatable bonds is 3. The van der Waals surface area contributed by atoms with Crippen molar-refractivity contribution in [3.8, 4) is 11.1 Å². The molecule has 4 nitrogen and oxygen atoms in total. The van der Waals surface area contributed by atoms with Gasteiger partial charge in [-0.3, -0.25) is 4.79 Å². The molecule has 0 saturated carbocycles. The number of benzene rings is 1. The Morgan fingerprint density at radius 2 is 2.00 bits per heavy atom. The van der Waals surface area contributed by atoms with E-state index in [1.165, 1.54) is 0 Å². The number of nitrogens with zero attached hydrogens (tertiary/aromatic N) is 1. The molecule has 0 bridgehead atoms. The van der Waals surface area contributed by atoms with E-state index in [0.29, 0.717) is 11.4 Å². The highest BCUT2D eigenvalue weighted by atomic mass is 16.4. The van der Waals surface area contributed by atoms with Crippen LogP contribution in [0.25, 0.3) is 11.1 Å². The monoisotopic (exact) mass is 228 g/mol. The Bertz CT molecular complexity index is 538. The van der Waals surface area contributed by atoms with Crippen molar-refractivity contribution in [2.24, 2.45) is 0 Å². The van der Waals surface area contributed by atoms with E-state index in [1.807, 2.05) is 30.3 Å². The van der Waals surface area contributed by atoms with Crippen LogP contribution in [-0.4, -0.2) is 16.1 Å². The van der Waals surface area contributed by atoms with Crippen molar-refractivity contribution in [1.29, 1.82) is 0 Å². The van der Waals surface area contributed by atoms with Crippen molar-refractivity contribution in [1.82, 2.24) is 4.98 Å². The van der Waals surface area contributed by atoms with Crippen molar-refractivity contribution >= 4 is 11.8 Å². The quantitative estimate of drug-likeness (QED) is 0.841. The zero-order valence-corrected chi connectivity index (χ0v) is 9.13. The summed E-state index contributed by atoms with van der Waals surface area (Å²) in [6.45, 7) is 0. The summed E-state index contributed by atoms with van der Waals surface area (Å²) >= 11 is 0. The van der Waals surface area contributed by atoms with Crippen LogP contribution in [0, 0.1) is 0 Å². The molecule has 1 aromatic carbocycles. The maximum atomic E-state index is 10.8. The summed E-state index contributed by atoms with van der Waals surface area (Å²) < 4.78 is 0. The van der Waals surface area contributed by atoms with Gasteiger partial charge in [0.25, 0.3) is 0 Å². The number of hydrogen-bond acceptors (Lipinski definition) is 3. The molecule has 3 N–H and O–H groups in total. The zero-order valence-electron chi connectivity index (χ0n) is 9.13. The number of carbonyl (C=O) groups is 1. The van der Waals surface area contributed by atoms with Crippen LogP contribution in [0.5, 0.6) is 0 Å². The molecular formula is C13H12N2O2. The lowest BCUT2D eigenvalue weighted by molar-refractivity contribution is -0.136. The Morgan fingerprint density at radius 3 is 2.65 bits per heavy atom. The Kier molecular flexibility index (Phi) is 3.05. The summed E-state index contributed by atoms with van der Waals surface area (Å²) in [5, 5.41) is 8.87. The average Bonchev–Trinajstić information content (AvgIpc) is 2.29. The number of anilines is 1. The molecule has 0 aliphatic carbocycles. The van der Waals surface area contributed by atoms with E-state index in [1.54, 1.807) is 12.3 Å². The SMILES string of the molecule is Nc1cc(CC(=O)O)c(-c2ccccc2)cn1. The van der Waals surface area contributed by atoms with Crippen LogP contribution in [0.2, 0.25) is 0 Å². The third-order valence-corrected chi connectivity index (χ3v) is 2.44. The summed E-state index contributed by atoms with van der Waals surface area (Å²) in [6.07, 6.45) is 1.56. The third kappa shape index (κ3) is 2.60. The van der Waals surface area contributed by atoms with Gasteiger partial charge in [0.2, 0.25) is 0 Å². The highest BCUT2D eigenvalue weighted by Gasteiger charge is 2.09. The maximum absolute atomic E-state index is 10.8. The second-order valence-electron chi connectivity index (χ2n) is 3.70. The number of nitrogens with two attached hydrogens (primary N) is 1. The van der Waals surface area contributed by atoms with Gasteiger partial charge in [-0.25, -0.2) is 4.98 Å². The first-order valence-corrected chi connectivity index (χ1v) is 5.18. The molecule has 4 heteroatoms. The topological polar surface area (TPSA) is 76.2 Å². The first-order chi connectivity index (χ1) is 8.16. The fourth-order valence-electron chi connectivity index (χ4n) is 1.70. The molecule has 0 radical (unpaired) electrons. The molecule has 1 aromatic heterocycles. The highest BCUT2D eigenvalue weighted by molar-refractivity contribution is 5.77. The van der Waals surface area contributed by atoms with E-state index < -0.39 is 5.97 Å². The van der Waals surface area contributed by atoms with Gasteiger partial charge in [0.15, 0.2) is 0 Å². The number of carboxylic acid groups (broad SMARTS) is 1. The lowest BCUT2D eigenvalue weighted by Gasteiger charge is -2.08. The molecule has 0 fully saturated rings. The summed E-state index contributed by atoms with van der Waals surface area (Å²) in [7, 11) is 0. The second kappa shape index (κ2) is 4.65. The molecular weight excluding hydrogens is 216 g/mol. The predicted molar refractivity (Wildman–Crippen MR) is 65.4 cm³/mol. The van der Waals surface area contributed by atoms with Crippen molar-refractivity contribution in [3.63, 3.8) is 0 Å². The maximum Gasteiger partial charge on any atom is 0.307 e. The van der Waals surface area contributed by atoms with Crippen LogP contribution in [-0.2, 0) is 11.2 Å². The normalized spacial score (nSPS) is 10.1. The van der Waals surface area contributed by atoms with Crippen LogP contribution in [0.4, 0.5) is 5.82 Å². The summed E-state index contributed by atoms with van der Waals surface area (Å²) in [5.74, 6) is -0.547. The number of aliphatic carboxylic acids is 1. The first kappa shape index (κ1) is 11.1. The number of pyridine rings is 1. The van der Waals surface area contributed by atoms with Crippen LogP contribution in [0.15, 0.2) is 42.6 Å². The smallest absolute Gasteiger partial charge is 0.307 e. The second-order valence-corrected chi connectivity index (χ2v) is 3.70. The molecule has 0 saturated heterocycles. The molecule has 0 aliphatic rings. The Labute approximate surface area is 98.7 Å². The molecule has 0 spiro atoms. The Morgan fingerprint density at radius 1 is 1.29 bits per heavy atom. The fourth-order valence-corrected chi connectivity index (χ4v) is 1.70. The van der Waals surface area contributed by atoms with Gasteiger partial charge in [-0.05, 0) is 17.2 Å². The third-order valence-electron chi connectivity index (χ3n) is 2.44. The van der Waals surface area contributed by atoms with Crippen molar-refractivity contribution in [2.75, 3.05) is 5.73 Å². The fraction of sp³-hybridized carbons (Fsp3) is 0.0769. The minimum Gasteiger partial charge on any atom is -0.481 e. The Hall–Kier alpha value is -2.36. The molecule has 0 unspecified atom stereocenters.